The van der Waals surface area contributed by atoms with Crippen molar-refractivity contribution in [1.29, 1.82) is 0 Å². The number of ether oxygens (including phenoxy) is 1. The van der Waals surface area contributed by atoms with Crippen LogP contribution in [0, 0.1) is 11.2 Å². The van der Waals surface area contributed by atoms with Crippen molar-refractivity contribution in [2.45, 2.75) is 19.0 Å². The van der Waals surface area contributed by atoms with Crippen LogP contribution in [-0.4, -0.2) is 62.7 Å². The first-order valence-corrected chi connectivity index (χ1v) is 10.2. The number of halogens is 2. The van der Waals surface area contributed by atoms with Crippen LogP contribution in [0.5, 0.6) is 0 Å². The lowest BCUT2D eigenvalue weighted by molar-refractivity contribution is -0.167. The van der Waals surface area contributed by atoms with Gasteiger partial charge in [-0.1, -0.05) is 11.6 Å². The van der Waals surface area contributed by atoms with Crippen molar-refractivity contribution < 1.29 is 13.9 Å². The maximum Gasteiger partial charge on any atom is 0.233 e. The molecular weight excluding hydrogens is 425 g/mol. The molecule has 2 saturated heterocycles. The molecule has 2 fully saturated rings. The van der Waals surface area contributed by atoms with Gasteiger partial charge in [-0.3, -0.25) is 4.79 Å². The van der Waals surface area contributed by atoms with E-state index in [9.17, 15) is 9.18 Å². The predicted molar refractivity (Wildman–Crippen MR) is 113 cm³/mol. The van der Waals surface area contributed by atoms with Gasteiger partial charge in [0.2, 0.25) is 5.91 Å². The van der Waals surface area contributed by atoms with Crippen LogP contribution in [-0.2, 0) is 9.53 Å². The molecule has 31 heavy (non-hydrogen) atoms. The predicted octanol–water partition coefficient (Wildman–Crippen LogP) is 2.15. The minimum Gasteiger partial charge on any atom is -0.379 e. The number of pyridine rings is 1. The van der Waals surface area contributed by atoms with Crippen molar-refractivity contribution >= 4 is 34.4 Å². The number of aromatic nitrogens is 4. The lowest BCUT2D eigenvalue weighted by Gasteiger charge is -2.39. The van der Waals surface area contributed by atoms with E-state index in [-0.39, 0.29) is 18.3 Å². The number of fused-ring (bicyclic) bond motifs is 1. The molecule has 162 valence electrons. The van der Waals surface area contributed by atoms with Crippen LogP contribution in [0.1, 0.15) is 13.3 Å². The summed E-state index contributed by atoms with van der Waals surface area (Å²) >= 11 is 6.06. The van der Waals surface area contributed by atoms with Crippen LogP contribution in [0.4, 0.5) is 10.2 Å². The fraction of sp³-hybridized carbons (Fsp3) is 0.400. The fourth-order valence-electron chi connectivity index (χ4n) is 4.01. The summed E-state index contributed by atoms with van der Waals surface area (Å²) in [5, 5.41) is 4.19. The van der Waals surface area contributed by atoms with Crippen LogP contribution in [0.25, 0.3) is 22.4 Å². The average Bonchev–Trinajstić information content (AvgIpc) is 3.31. The number of carbonyl (C=O) groups excluding carboxylic acids is 1. The highest BCUT2D eigenvalue weighted by molar-refractivity contribution is 6.31. The van der Waals surface area contributed by atoms with Crippen molar-refractivity contribution in [2.75, 3.05) is 31.6 Å². The highest BCUT2D eigenvalue weighted by Crippen LogP contribution is 2.33. The van der Waals surface area contributed by atoms with E-state index in [1.807, 2.05) is 6.92 Å². The number of amides is 1. The van der Waals surface area contributed by atoms with Crippen molar-refractivity contribution in [2.24, 2.45) is 11.1 Å². The molecule has 2 aliphatic rings. The zero-order valence-electron chi connectivity index (χ0n) is 16.8. The Balaban J connectivity index is 1.40. The van der Waals surface area contributed by atoms with Crippen molar-refractivity contribution in [3.63, 3.8) is 0 Å². The molecule has 9 nitrogen and oxygen atoms in total. The average molecular weight is 446 g/mol. The van der Waals surface area contributed by atoms with Gasteiger partial charge in [0, 0.05) is 36.3 Å². The van der Waals surface area contributed by atoms with E-state index in [0.29, 0.717) is 48.2 Å². The van der Waals surface area contributed by atoms with Crippen LogP contribution in [0.3, 0.4) is 0 Å². The summed E-state index contributed by atoms with van der Waals surface area (Å²) in [7, 11) is 0. The van der Waals surface area contributed by atoms with Gasteiger partial charge in [0.15, 0.2) is 17.5 Å². The summed E-state index contributed by atoms with van der Waals surface area (Å²) < 4.78 is 19.7. The lowest BCUT2D eigenvalue weighted by Crippen LogP contribution is -2.56. The monoisotopic (exact) mass is 445 g/mol. The maximum absolute atomic E-state index is 14.5. The summed E-state index contributed by atoms with van der Waals surface area (Å²) in [5.41, 5.74) is 6.22. The van der Waals surface area contributed by atoms with Crippen LogP contribution in [0.15, 0.2) is 24.7 Å². The molecule has 11 heteroatoms. The number of nitrogens with two attached hydrogens (primary N) is 1. The van der Waals surface area contributed by atoms with Crippen molar-refractivity contribution in [3.05, 3.63) is 35.5 Å². The number of aromatic amines is 1. The second kappa shape index (κ2) is 7.11. The quantitative estimate of drug-likeness (QED) is 0.526. The molecule has 0 radical (unpaired) electrons. The van der Waals surface area contributed by atoms with E-state index in [4.69, 9.17) is 22.1 Å². The van der Waals surface area contributed by atoms with E-state index in [1.54, 1.807) is 17.2 Å². The van der Waals surface area contributed by atoms with Gasteiger partial charge in [-0.15, -0.1) is 0 Å². The number of anilines is 1. The van der Waals surface area contributed by atoms with E-state index >= 15 is 0 Å². The SMILES string of the molecule is CC1(C(=O)N2CC[C@@](N)(Nc3nc(-c4c[nH]c5ncc(Cl)cc45)ncc3F)C2)COC1. The van der Waals surface area contributed by atoms with Crippen LogP contribution >= 0.6 is 11.6 Å². The van der Waals surface area contributed by atoms with Crippen molar-refractivity contribution in [3.8, 4) is 11.4 Å². The summed E-state index contributed by atoms with van der Waals surface area (Å²) in [4.78, 5) is 30.2. The van der Waals surface area contributed by atoms with Gasteiger partial charge in [0.1, 0.15) is 11.3 Å². The Hall–Kier alpha value is -2.82. The normalized spacial score (nSPS) is 22.5. The zero-order valence-corrected chi connectivity index (χ0v) is 17.5. The Kier molecular flexibility index (Phi) is 4.61. The third kappa shape index (κ3) is 3.50. The van der Waals surface area contributed by atoms with Gasteiger partial charge in [0.05, 0.1) is 36.4 Å². The molecule has 0 spiro atoms. The molecule has 3 aromatic rings. The smallest absolute Gasteiger partial charge is 0.233 e. The summed E-state index contributed by atoms with van der Waals surface area (Å²) in [6, 6.07) is 1.74. The minimum atomic E-state index is -1.01. The summed E-state index contributed by atoms with van der Waals surface area (Å²) in [5.74, 6) is -0.356. The molecular formula is C20H21ClFN7O2. The third-order valence-corrected chi connectivity index (χ3v) is 6.00. The number of hydrogen-bond donors (Lipinski definition) is 3. The van der Waals surface area contributed by atoms with Gasteiger partial charge >= 0.3 is 0 Å². The number of carbonyl (C=O) groups is 1. The Bertz CT molecular complexity index is 1180. The largest absolute Gasteiger partial charge is 0.379 e. The molecule has 2 aliphatic heterocycles. The first-order valence-electron chi connectivity index (χ1n) is 9.86. The second-order valence-electron chi connectivity index (χ2n) is 8.45. The second-order valence-corrected chi connectivity index (χ2v) is 8.89. The number of likely N-dealkylation sites (tertiary alicyclic amines) is 1. The topological polar surface area (TPSA) is 122 Å². The Morgan fingerprint density at radius 3 is 2.94 bits per heavy atom. The Labute approximate surface area is 182 Å². The minimum absolute atomic E-state index is 0.0000974. The number of rotatable bonds is 4. The number of H-pyrrole nitrogens is 1. The first kappa shape index (κ1) is 20.1. The molecule has 0 saturated carbocycles. The van der Waals surface area contributed by atoms with Gasteiger partial charge in [-0.25, -0.2) is 19.3 Å². The van der Waals surface area contributed by atoms with Crippen LogP contribution < -0.4 is 11.1 Å². The molecule has 4 N–H and O–H groups in total. The lowest BCUT2D eigenvalue weighted by atomic mass is 9.87. The van der Waals surface area contributed by atoms with E-state index in [0.717, 1.165) is 11.6 Å². The molecule has 5 heterocycles. The van der Waals surface area contributed by atoms with Crippen molar-refractivity contribution in [1.82, 2.24) is 24.8 Å². The van der Waals surface area contributed by atoms with Gasteiger partial charge in [-0.2, -0.15) is 0 Å². The zero-order chi connectivity index (χ0) is 21.8. The molecule has 1 amide bonds. The number of nitrogens with zero attached hydrogens (tertiary/aromatic N) is 4. The fourth-order valence-corrected chi connectivity index (χ4v) is 4.16. The van der Waals surface area contributed by atoms with Gasteiger partial charge in [-0.05, 0) is 13.0 Å². The van der Waals surface area contributed by atoms with Gasteiger partial charge < -0.3 is 25.7 Å². The number of nitrogens with one attached hydrogen (secondary N) is 2. The third-order valence-electron chi connectivity index (χ3n) is 5.80. The highest BCUT2D eigenvalue weighted by atomic mass is 35.5. The van der Waals surface area contributed by atoms with Crippen LogP contribution in [0.2, 0.25) is 5.02 Å². The Morgan fingerprint density at radius 1 is 1.39 bits per heavy atom. The molecule has 3 aromatic heterocycles. The molecule has 5 rings (SSSR count). The molecule has 0 aliphatic carbocycles. The van der Waals surface area contributed by atoms with Gasteiger partial charge in [0.25, 0.3) is 0 Å². The molecule has 1 atom stereocenters. The standard InChI is InChI=1S/C20H21ClFN7O2/c1-19(9-31-10-19)18(30)29-3-2-20(23,8-29)28-17-14(22)7-26-16(27-17)13-6-25-15-12(13)4-11(21)5-24-15/h4-7H,2-3,8-10,23H2,1H3,(H,24,25)(H,26,27,28)/t20-/m1/s1. The maximum atomic E-state index is 14.5. The highest BCUT2D eigenvalue weighted by Gasteiger charge is 2.47. The molecule has 0 bridgehead atoms. The van der Waals surface area contributed by atoms with E-state index < -0.39 is 16.9 Å². The molecule has 0 aromatic carbocycles. The summed E-state index contributed by atoms with van der Waals surface area (Å²) in [6.07, 6.45) is 4.78. The van der Waals surface area contributed by atoms with E-state index in [2.05, 4.69) is 25.3 Å². The Morgan fingerprint density at radius 2 is 2.19 bits per heavy atom. The molecule has 0 unspecified atom stereocenters. The summed E-state index contributed by atoms with van der Waals surface area (Å²) in [6.45, 7) is 3.40. The van der Waals surface area contributed by atoms with E-state index in [1.165, 1.54) is 6.20 Å². The first-order chi connectivity index (χ1) is 14.8. The number of hydrogen-bond acceptors (Lipinski definition) is 7.